The Morgan fingerprint density at radius 1 is 1.35 bits per heavy atom. The van der Waals surface area contributed by atoms with Crippen molar-refractivity contribution >= 4 is 16.8 Å². The molecule has 1 aromatic heterocycles. The van der Waals surface area contributed by atoms with Crippen LogP contribution in [-0.2, 0) is 11.8 Å². The second-order valence-electron chi connectivity index (χ2n) is 7.44. The van der Waals surface area contributed by atoms with E-state index in [2.05, 4.69) is 0 Å². The van der Waals surface area contributed by atoms with Crippen molar-refractivity contribution in [2.75, 3.05) is 33.4 Å². The zero-order chi connectivity index (χ0) is 18.9. The summed E-state index contributed by atoms with van der Waals surface area (Å²) in [6.07, 6.45) is 3.01. The molecule has 1 saturated heterocycles. The van der Waals surface area contributed by atoms with Gasteiger partial charge in [0.05, 0.1) is 12.1 Å². The molecule has 0 radical (unpaired) electrons. The van der Waals surface area contributed by atoms with Gasteiger partial charge in [0, 0.05) is 50.9 Å². The first-order valence-corrected chi connectivity index (χ1v) is 8.91. The molecule has 6 heteroatoms. The first kappa shape index (κ1) is 18.6. The van der Waals surface area contributed by atoms with Gasteiger partial charge in [-0.1, -0.05) is 11.6 Å². The van der Waals surface area contributed by atoms with Gasteiger partial charge in [0.2, 0.25) is 5.43 Å². The van der Waals surface area contributed by atoms with Gasteiger partial charge in [0.1, 0.15) is 5.56 Å². The predicted octanol–water partition coefficient (Wildman–Crippen LogP) is 1.71. The molecule has 1 aromatic carbocycles. The highest BCUT2D eigenvalue weighted by atomic mass is 16.5. The van der Waals surface area contributed by atoms with E-state index in [-0.39, 0.29) is 28.9 Å². The lowest BCUT2D eigenvalue weighted by Gasteiger charge is -2.38. The van der Waals surface area contributed by atoms with Gasteiger partial charge in [-0.05, 0) is 31.9 Å². The normalized spacial score (nSPS) is 16.6. The second kappa shape index (κ2) is 7.21. The van der Waals surface area contributed by atoms with Crippen LogP contribution in [0.3, 0.4) is 0 Å². The Kier molecular flexibility index (Phi) is 5.16. The van der Waals surface area contributed by atoms with Gasteiger partial charge in [0.25, 0.3) is 5.91 Å². The highest BCUT2D eigenvalue weighted by Crippen LogP contribution is 2.31. The molecule has 6 nitrogen and oxygen atoms in total. The lowest BCUT2D eigenvalue weighted by Crippen LogP contribution is -2.45. The van der Waals surface area contributed by atoms with Crippen LogP contribution >= 0.6 is 0 Å². The second-order valence-corrected chi connectivity index (χ2v) is 7.44. The first-order chi connectivity index (χ1) is 12.4. The van der Waals surface area contributed by atoms with Gasteiger partial charge >= 0.3 is 0 Å². The van der Waals surface area contributed by atoms with E-state index in [9.17, 15) is 14.7 Å². The summed E-state index contributed by atoms with van der Waals surface area (Å²) < 4.78 is 7.19. The summed E-state index contributed by atoms with van der Waals surface area (Å²) in [5, 5.41) is 10.4. The van der Waals surface area contributed by atoms with Crippen LogP contribution in [0.15, 0.2) is 29.2 Å². The van der Waals surface area contributed by atoms with E-state index >= 15 is 0 Å². The summed E-state index contributed by atoms with van der Waals surface area (Å²) >= 11 is 0. The van der Waals surface area contributed by atoms with Crippen LogP contribution in [-0.4, -0.2) is 53.9 Å². The van der Waals surface area contributed by atoms with Gasteiger partial charge in [0.15, 0.2) is 0 Å². The molecule has 0 atom stereocenters. The maximum Gasteiger partial charge on any atom is 0.259 e. The third-order valence-electron chi connectivity index (χ3n) is 5.38. The van der Waals surface area contributed by atoms with Crippen molar-refractivity contribution in [3.05, 3.63) is 45.7 Å². The topological polar surface area (TPSA) is 71.8 Å². The molecule has 3 rings (SSSR count). The molecule has 0 unspecified atom stereocenters. The summed E-state index contributed by atoms with van der Waals surface area (Å²) in [5.74, 6) is -0.312. The molecule has 2 heterocycles. The number of ether oxygens (including phenoxy) is 1. The Labute approximate surface area is 153 Å². The van der Waals surface area contributed by atoms with E-state index in [1.54, 1.807) is 18.1 Å². The van der Waals surface area contributed by atoms with E-state index in [1.165, 1.54) is 0 Å². The summed E-state index contributed by atoms with van der Waals surface area (Å²) in [6.45, 7) is 3.50. The number of aliphatic hydroxyl groups excluding tert-OH is 1. The minimum atomic E-state index is -0.360. The van der Waals surface area contributed by atoms with E-state index < -0.39 is 0 Å². The Balaban J connectivity index is 1.94. The fraction of sp³-hybridized carbons (Fsp3) is 0.500. The smallest absolute Gasteiger partial charge is 0.259 e. The number of aryl methyl sites for hydroxylation is 2. The molecule has 0 saturated carbocycles. The van der Waals surface area contributed by atoms with Crippen molar-refractivity contribution in [3.8, 4) is 0 Å². The Morgan fingerprint density at radius 2 is 2.04 bits per heavy atom. The molecule has 1 aliphatic rings. The highest BCUT2D eigenvalue weighted by Gasteiger charge is 2.35. The van der Waals surface area contributed by atoms with Gasteiger partial charge in [-0.25, -0.2) is 0 Å². The molecule has 2 aromatic rings. The number of nitrogens with zero attached hydrogens (tertiary/aromatic N) is 2. The van der Waals surface area contributed by atoms with E-state index in [0.29, 0.717) is 38.0 Å². The number of hydrogen-bond acceptors (Lipinski definition) is 4. The molecule has 1 aliphatic heterocycles. The van der Waals surface area contributed by atoms with Gasteiger partial charge in [-0.3, -0.25) is 9.59 Å². The highest BCUT2D eigenvalue weighted by molar-refractivity contribution is 5.97. The molecular weight excluding hydrogens is 332 g/mol. The Bertz CT molecular complexity index is 881. The molecule has 0 spiro atoms. The number of rotatable bonds is 4. The molecule has 1 N–H and O–H groups in total. The lowest BCUT2D eigenvalue weighted by molar-refractivity contribution is -0.0282. The largest absolute Gasteiger partial charge is 0.396 e. The van der Waals surface area contributed by atoms with Crippen molar-refractivity contribution in [2.24, 2.45) is 12.5 Å². The Hall–Kier alpha value is -2.18. The van der Waals surface area contributed by atoms with E-state index in [1.807, 2.05) is 36.7 Å². The number of aromatic nitrogens is 1. The van der Waals surface area contributed by atoms with Crippen LogP contribution in [0.4, 0.5) is 0 Å². The zero-order valence-corrected chi connectivity index (χ0v) is 15.6. The lowest BCUT2D eigenvalue weighted by atomic mass is 9.80. The van der Waals surface area contributed by atoms with Gasteiger partial charge in [-0.2, -0.15) is 0 Å². The predicted molar refractivity (Wildman–Crippen MR) is 100 cm³/mol. The van der Waals surface area contributed by atoms with Crippen LogP contribution in [0, 0.1) is 12.3 Å². The molecule has 140 valence electrons. The van der Waals surface area contributed by atoms with Gasteiger partial charge < -0.3 is 19.3 Å². The number of amides is 1. The number of fused-ring (bicyclic) bond motifs is 1. The summed E-state index contributed by atoms with van der Waals surface area (Å²) in [5.41, 5.74) is 1.34. The molecule has 0 aliphatic carbocycles. The molecule has 1 amide bonds. The molecule has 26 heavy (non-hydrogen) atoms. The quantitative estimate of drug-likeness (QED) is 0.903. The van der Waals surface area contributed by atoms with E-state index in [0.717, 1.165) is 11.1 Å². The fourth-order valence-corrected chi connectivity index (χ4v) is 3.71. The first-order valence-electron chi connectivity index (χ1n) is 8.91. The number of hydrogen-bond donors (Lipinski definition) is 1. The average molecular weight is 358 g/mol. The third-order valence-corrected chi connectivity index (χ3v) is 5.38. The maximum atomic E-state index is 13.0. The standard InChI is InChI=1S/C20H26N2O4/c1-14-4-5-17-15(10-14)18(24)16(11-21(17)2)19(25)22(3)12-20(13-23)6-8-26-9-7-20/h4-5,10-11,23H,6-9,12-13H2,1-3H3. The van der Waals surface area contributed by atoms with Crippen LogP contribution in [0.25, 0.3) is 10.9 Å². The van der Waals surface area contributed by atoms with Crippen molar-refractivity contribution < 1.29 is 14.6 Å². The summed E-state index contributed by atoms with van der Waals surface area (Å²) in [7, 11) is 3.52. The van der Waals surface area contributed by atoms with Crippen molar-refractivity contribution in [1.29, 1.82) is 0 Å². The average Bonchev–Trinajstić information content (AvgIpc) is 2.64. The number of pyridine rings is 1. The Morgan fingerprint density at radius 3 is 2.69 bits per heavy atom. The number of carbonyl (C=O) groups excluding carboxylic acids is 1. The SMILES string of the molecule is Cc1ccc2c(c1)c(=O)c(C(=O)N(C)CC1(CO)CCOCC1)cn2C. The fourth-order valence-electron chi connectivity index (χ4n) is 3.71. The summed E-state index contributed by atoms with van der Waals surface area (Å²) in [4.78, 5) is 27.4. The monoisotopic (exact) mass is 358 g/mol. The van der Waals surface area contributed by atoms with Crippen molar-refractivity contribution in [3.63, 3.8) is 0 Å². The van der Waals surface area contributed by atoms with Crippen LogP contribution in [0.2, 0.25) is 0 Å². The third kappa shape index (κ3) is 3.39. The number of benzene rings is 1. The zero-order valence-electron chi connectivity index (χ0n) is 15.6. The number of aliphatic hydroxyl groups is 1. The minimum absolute atomic E-state index is 0.00288. The molecule has 0 bridgehead atoms. The maximum absolute atomic E-state index is 13.0. The van der Waals surface area contributed by atoms with Crippen LogP contribution < -0.4 is 5.43 Å². The van der Waals surface area contributed by atoms with E-state index in [4.69, 9.17) is 4.74 Å². The molecule has 1 fully saturated rings. The van der Waals surface area contributed by atoms with Crippen molar-refractivity contribution in [1.82, 2.24) is 9.47 Å². The van der Waals surface area contributed by atoms with Gasteiger partial charge in [-0.15, -0.1) is 0 Å². The van der Waals surface area contributed by atoms with Crippen LogP contribution in [0.1, 0.15) is 28.8 Å². The summed E-state index contributed by atoms with van der Waals surface area (Å²) in [6, 6.07) is 5.67. The number of carbonyl (C=O) groups is 1. The van der Waals surface area contributed by atoms with Crippen molar-refractivity contribution in [2.45, 2.75) is 19.8 Å². The van der Waals surface area contributed by atoms with Crippen LogP contribution in [0.5, 0.6) is 0 Å². The molecular formula is C20H26N2O4. The minimum Gasteiger partial charge on any atom is -0.396 e.